The number of hydrogen-bond acceptors (Lipinski definition) is 4. The van der Waals surface area contributed by atoms with Crippen LogP contribution in [-0.4, -0.2) is 55.0 Å². The van der Waals surface area contributed by atoms with Gasteiger partial charge in [0, 0.05) is 27.0 Å². The number of methoxy groups -OCH3 is 2. The molecule has 0 spiro atoms. The number of aliphatic carboxylic acids is 1. The first-order chi connectivity index (χ1) is 9.10. The Morgan fingerprint density at radius 1 is 1.42 bits per heavy atom. The van der Waals surface area contributed by atoms with Crippen molar-refractivity contribution in [3.63, 3.8) is 0 Å². The highest BCUT2D eigenvalue weighted by Crippen LogP contribution is 2.03. The normalized spacial score (nSPS) is 12.1. The molecule has 1 rings (SSSR count). The monoisotopic (exact) mass is 270 g/mol. The van der Waals surface area contributed by atoms with Crippen LogP contribution in [0.25, 0.3) is 0 Å². The van der Waals surface area contributed by atoms with E-state index in [4.69, 9.17) is 14.6 Å². The number of carbonyl (C=O) groups is 2. The molecule has 0 saturated carbocycles. The summed E-state index contributed by atoms with van der Waals surface area (Å²) in [7, 11) is 2.95. The molecule has 1 atom stereocenters. The fourth-order valence-corrected chi connectivity index (χ4v) is 1.58. The van der Waals surface area contributed by atoms with Crippen molar-refractivity contribution >= 4 is 11.9 Å². The molecule has 106 valence electrons. The van der Waals surface area contributed by atoms with E-state index in [0.29, 0.717) is 18.8 Å². The molecule has 0 fully saturated rings. The maximum atomic E-state index is 12.0. The highest BCUT2D eigenvalue weighted by molar-refractivity contribution is 5.95. The van der Waals surface area contributed by atoms with Gasteiger partial charge in [-0.3, -0.25) is 4.79 Å². The van der Waals surface area contributed by atoms with Crippen molar-refractivity contribution in [1.82, 2.24) is 9.88 Å². The van der Waals surface area contributed by atoms with Crippen LogP contribution in [0.4, 0.5) is 0 Å². The second kappa shape index (κ2) is 7.55. The van der Waals surface area contributed by atoms with Gasteiger partial charge in [-0.2, -0.15) is 0 Å². The average Bonchev–Trinajstić information content (AvgIpc) is 2.83. The van der Waals surface area contributed by atoms with Gasteiger partial charge in [-0.15, -0.1) is 0 Å². The van der Waals surface area contributed by atoms with Crippen molar-refractivity contribution in [2.45, 2.75) is 12.6 Å². The topological polar surface area (TPSA) is 89.8 Å². The van der Waals surface area contributed by atoms with Crippen LogP contribution in [0.15, 0.2) is 18.3 Å². The second-order valence-corrected chi connectivity index (χ2v) is 3.90. The second-order valence-electron chi connectivity index (χ2n) is 3.90. The molecule has 1 amide bonds. The van der Waals surface area contributed by atoms with Crippen molar-refractivity contribution in [2.75, 3.05) is 27.4 Å². The lowest BCUT2D eigenvalue weighted by molar-refractivity contribution is -0.140. The summed E-state index contributed by atoms with van der Waals surface area (Å²) < 4.78 is 11.4. The zero-order valence-corrected chi connectivity index (χ0v) is 11.0. The van der Waals surface area contributed by atoms with Crippen LogP contribution in [-0.2, 0) is 20.8 Å². The molecule has 0 aromatic carbocycles. The fourth-order valence-electron chi connectivity index (χ4n) is 1.58. The SMILES string of the molecule is COCCn1cccc1C(=O)NC(COC)C(=O)O. The van der Waals surface area contributed by atoms with Gasteiger partial charge < -0.3 is 24.5 Å². The van der Waals surface area contributed by atoms with Gasteiger partial charge in [0.05, 0.1) is 13.2 Å². The van der Waals surface area contributed by atoms with Crippen LogP contribution in [0.2, 0.25) is 0 Å². The van der Waals surface area contributed by atoms with Gasteiger partial charge in [0.25, 0.3) is 5.91 Å². The Bertz CT molecular complexity index is 430. The van der Waals surface area contributed by atoms with E-state index >= 15 is 0 Å². The van der Waals surface area contributed by atoms with E-state index in [9.17, 15) is 9.59 Å². The molecule has 0 radical (unpaired) electrons. The Balaban J connectivity index is 2.71. The largest absolute Gasteiger partial charge is 0.480 e. The summed E-state index contributed by atoms with van der Waals surface area (Å²) in [6.45, 7) is 0.906. The number of hydrogen-bond donors (Lipinski definition) is 2. The first-order valence-electron chi connectivity index (χ1n) is 5.76. The number of carbonyl (C=O) groups excluding carboxylic acids is 1. The minimum atomic E-state index is -1.13. The maximum Gasteiger partial charge on any atom is 0.328 e. The number of nitrogens with one attached hydrogen (secondary N) is 1. The standard InChI is InChI=1S/C12H18N2O5/c1-18-7-6-14-5-3-4-10(14)11(15)13-9(8-19-2)12(16)17/h3-5,9H,6-8H2,1-2H3,(H,13,15)(H,16,17). The van der Waals surface area contributed by atoms with Gasteiger partial charge in [0.2, 0.25) is 0 Å². The molecule has 1 aromatic heterocycles. The molecule has 1 unspecified atom stereocenters. The van der Waals surface area contributed by atoms with Crippen molar-refractivity contribution in [2.24, 2.45) is 0 Å². The van der Waals surface area contributed by atoms with Crippen LogP contribution in [0.3, 0.4) is 0 Å². The van der Waals surface area contributed by atoms with Crippen molar-refractivity contribution < 1.29 is 24.2 Å². The van der Waals surface area contributed by atoms with E-state index < -0.39 is 17.9 Å². The highest BCUT2D eigenvalue weighted by Gasteiger charge is 2.21. The molecule has 7 heteroatoms. The van der Waals surface area contributed by atoms with Gasteiger partial charge >= 0.3 is 5.97 Å². The molecular weight excluding hydrogens is 252 g/mol. The summed E-state index contributed by atoms with van der Waals surface area (Å²) in [6.07, 6.45) is 1.74. The molecule has 0 aliphatic rings. The van der Waals surface area contributed by atoms with Gasteiger partial charge in [-0.05, 0) is 12.1 Å². The fraction of sp³-hybridized carbons (Fsp3) is 0.500. The lowest BCUT2D eigenvalue weighted by Gasteiger charge is -2.14. The Labute approximate surface area is 111 Å². The molecule has 0 aliphatic carbocycles. The number of aromatic nitrogens is 1. The first-order valence-corrected chi connectivity index (χ1v) is 5.76. The predicted octanol–water partition coefficient (Wildman–Crippen LogP) is -0.0361. The Kier molecular flexibility index (Phi) is 6.04. The lowest BCUT2D eigenvalue weighted by atomic mass is 10.3. The molecule has 0 saturated heterocycles. The third kappa shape index (κ3) is 4.38. The van der Waals surface area contributed by atoms with Crippen molar-refractivity contribution in [3.8, 4) is 0 Å². The summed E-state index contributed by atoms with van der Waals surface area (Å²) in [4.78, 5) is 22.9. The average molecular weight is 270 g/mol. The van der Waals surface area contributed by atoms with Crippen molar-refractivity contribution in [1.29, 1.82) is 0 Å². The Morgan fingerprint density at radius 2 is 2.16 bits per heavy atom. The van der Waals surface area contributed by atoms with Gasteiger partial charge in [0.15, 0.2) is 6.04 Å². The molecule has 0 aliphatic heterocycles. The van der Waals surface area contributed by atoms with Crippen LogP contribution in [0.1, 0.15) is 10.5 Å². The summed E-state index contributed by atoms with van der Waals surface area (Å²) in [6, 6.07) is 2.27. The van der Waals surface area contributed by atoms with Crippen LogP contribution < -0.4 is 5.32 Å². The Morgan fingerprint density at radius 3 is 2.74 bits per heavy atom. The van der Waals surface area contributed by atoms with E-state index in [1.807, 2.05) is 0 Å². The molecular formula is C12H18N2O5. The van der Waals surface area contributed by atoms with E-state index in [-0.39, 0.29) is 6.61 Å². The van der Waals surface area contributed by atoms with Gasteiger partial charge in [-0.1, -0.05) is 0 Å². The van der Waals surface area contributed by atoms with Crippen molar-refractivity contribution in [3.05, 3.63) is 24.0 Å². The van der Waals surface area contributed by atoms with Gasteiger partial charge in [0.1, 0.15) is 5.69 Å². The number of carboxylic acid groups (broad SMARTS) is 1. The molecule has 7 nitrogen and oxygen atoms in total. The molecule has 1 heterocycles. The third-order valence-corrected chi connectivity index (χ3v) is 2.54. The summed E-state index contributed by atoms with van der Waals surface area (Å²) in [5, 5.41) is 11.4. The molecule has 2 N–H and O–H groups in total. The summed E-state index contributed by atoms with van der Waals surface area (Å²) >= 11 is 0. The number of rotatable bonds is 8. The minimum absolute atomic E-state index is 0.0835. The lowest BCUT2D eigenvalue weighted by Crippen LogP contribution is -2.44. The van der Waals surface area contributed by atoms with Crippen LogP contribution in [0, 0.1) is 0 Å². The number of carboxylic acids is 1. The highest BCUT2D eigenvalue weighted by atomic mass is 16.5. The van der Waals surface area contributed by atoms with Gasteiger partial charge in [-0.25, -0.2) is 4.79 Å². The predicted molar refractivity (Wildman–Crippen MR) is 67.1 cm³/mol. The third-order valence-electron chi connectivity index (χ3n) is 2.54. The molecule has 0 bridgehead atoms. The zero-order valence-electron chi connectivity index (χ0n) is 11.0. The number of nitrogens with zero attached hydrogens (tertiary/aromatic N) is 1. The molecule has 19 heavy (non-hydrogen) atoms. The number of ether oxygens (including phenoxy) is 2. The first kappa shape index (κ1) is 15.2. The Hall–Kier alpha value is -1.86. The molecule has 1 aromatic rings. The van der Waals surface area contributed by atoms with E-state index in [1.165, 1.54) is 7.11 Å². The summed E-state index contributed by atoms with van der Waals surface area (Å²) in [5.74, 6) is -1.59. The van der Waals surface area contributed by atoms with Crippen LogP contribution >= 0.6 is 0 Å². The maximum absolute atomic E-state index is 12.0. The zero-order chi connectivity index (χ0) is 14.3. The van der Waals surface area contributed by atoms with E-state index in [0.717, 1.165) is 0 Å². The number of amides is 1. The van der Waals surface area contributed by atoms with E-state index in [1.54, 1.807) is 30.0 Å². The quantitative estimate of drug-likeness (QED) is 0.692. The van der Waals surface area contributed by atoms with Crippen LogP contribution in [0.5, 0.6) is 0 Å². The smallest absolute Gasteiger partial charge is 0.328 e. The van der Waals surface area contributed by atoms with E-state index in [2.05, 4.69) is 5.32 Å². The minimum Gasteiger partial charge on any atom is -0.480 e. The summed E-state index contributed by atoms with van der Waals surface area (Å²) in [5.41, 5.74) is 0.388.